The number of benzene rings is 2. The quantitative estimate of drug-likeness (QED) is 0.881. The minimum absolute atomic E-state index is 0.0378. The Bertz CT molecular complexity index is 569. The van der Waals surface area contributed by atoms with Gasteiger partial charge in [0.25, 0.3) is 0 Å². The summed E-state index contributed by atoms with van der Waals surface area (Å²) in [6, 6.07) is 14.2. The van der Waals surface area contributed by atoms with E-state index in [0.717, 1.165) is 5.56 Å². The van der Waals surface area contributed by atoms with E-state index in [9.17, 15) is 14.3 Å². The van der Waals surface area contributed by atoms with Crippen LogP contribution < -0.4 is 10.4 Å². The lowest BCUT2D eigenvalue weighted by Gasteiger charge is -2.21. The number of carbonyl (C=O) groups is 1. The molecule has 104 valence electrons. The van der Waals surface area contributed by atoms with E-state index in [2.05, 4.69) is 0 Å². The molecule has 0 saturated heterocycles. The van der Waals surface area contributed by atoms with Crippen LogP contribution in [0.25, 0.3) is 0 Å². The molecule has 0 unspecified atom stereocenters. The predicted molar refractivity (Wildman–Crippen MR) is 70.9 cm³/mol. The van der Waals surface area contributed by atoms with Crippen molar-refractivity contribution in [2.75, 3.05) is 0 Å². The number of hydrogen-bond acceptors (Lipinski definition) is 2. The van der Waals surface area contributed by atoms with Crippen LogP contribution in [0.15, 0.2) is 54.6 Å². The van der Waals surface area contributed by atoms with Crippen LogP contribution in [0.2, 0.25) is 0 Å². The van der Waals surface area contributed by atoms with E-state index in [0.29, 0.717) is 5.56 Å². The number of nitrogens with two attached hydrogens (primary N) is 1. The van der Waals surface area contributed by atoms with Crippen molar-refractivity contribution in [3.05, 3.63) is 71.5 Å². The zero-order chi connectivity index (χ0) is 14.5. The summed E-state index contributed by atoms with van der Waals surface area (Å²) in [6.45, 7) is 1.93. The molecule has 2 N–H and O–H groups in total. The molecule has 2 atom stereocenters. The second-order valence-corrected chi connectivity index (χ2v) is 4.74. The SMILES string of the molecule is C[C@H]([NH2+][C@@H](C(=O)[O-])c1ccc(F)cc1)c1ccccc1. The highest BCUT2D eigenvalue weighted by Crippen LogP contribution is 2.13. The molecule has 0 aromatic heterocycles. The van der Waals surface area contributed by atoms with Gasteiger partial charge in [-0.3, -0.25) is 0 Å². The van der Waals surface area contributed by atoms with Crippen molar-refractivity contribution in [2.24, 2.45) is 0 Å². The third-order valence-electron chi connectivity index (χ3n) is 3.29. The maximum atomic E-state index is 12.9. The number of rotatable bonds is 5. The van der Waals surface area contributed by atoms with Gasteiger partial charge in [-0.1, -0.05) is 30.3 Å². The number of aliphatic carboxylic acids is 1. The van der Waals surface area contributed by atoms with E-state index in [1.54, 1.807) is 5.32 Å². The zero-order valence-electron chi connectivity index (χ0n) is 11.1. The fourth-order valence-electron chi connectivity index (χ4n) is 2.15. The molecule has 2 aromatic carbocycles. The Morgan fingerprint density at radius 3 is 2.20 bits per heavy atom. The van der Waals surface area contributed by atoms with Gasteiger partial charge in [0, 0.05) is 11.1 Å². The van der Waals surface area contributed by atoms with Crippen molar-refractivity contribution in [3.8, 4) is 0 Å². The van der Waals surface area contributed by atoms with E-state index in [1.165, 1.54) is 24.3 Å². The molecule has 0 spiro atoms. The first-order valence-electron chi connectivity index (χ1n) is 6.44. The van der Waals surface area contributed by atoms with Crippen LogP contribution in [0.3, 0.4) is 0 Å². The summed E-state index contributed by atoms with van der Waals surface area (Å²) in [5.74, 6) is -1.57. The van der Waals surface area contributed by atoms with Crippen molar-refractivity contribution >= 4 is 5.97 Å². The highest BCUT2D eigenvalue weighted by Gasteiger charge is 2.20. The molecule has 2 aromatic rings. The van der Waals surface area contributed by atoms with Gasteiger partial charge in [-0.05, 0) is 31.2 Å². The summed E-state index contributed by atoms with van der Waals surface area (Å²) >= 11 is 0. The van der Waals surface area contributed by atoms with Crippen LogP contribution in [0.4, 0.5) is 4.39 Å². The summed E-state index contributed by atoms with van der Waals surface area (Å²) in [7, 11) is 0. The lowest BCUT2D eigenvalue weighted by Crippen LogP contribution is -2.88. The van der Waals surface area contributed by atoms with Gasteiger partial charge in [-0.25, -0.2) is 4.39 Å². The highest BCUT2D eigenvalue weighted by molar-refractivity contribution is 5.71. The van der Waals surface area contributed by atoms with Crippen LogP contribution in [-0.4, -0.2) is 5.97 Å². The zero-order valence-corrected chi connectivity index (χ0v) is 11.1. The normalized spacial score (nSPS) is 13.7. The molecular formula is C16H16FNO2. The van der Waals surface area contributed by atoms with Crippen molar-refractivity contribution in [1.82, 2.24) is 0 Å². The van der Waals surface area contributed by atoms with E-state index in [1.807, 2.05) is 37.3 Å². The minimum Gasteiger partial charge on any atom is -0.544 e. The summed E-state index contributed by atoms with van der Waals surface area (Å²) < 4.78 is 12.9. The third kappa shape index (κ3) is 3.42. The molecule has 0 radical (unpaired) electrons. The largest absolute Gasteiger partial charge is 0.544 e. The molecule has 3 nitrogen and oxygen atoms in total. The Hall–Kier alpha value is -2.20. The molecule has 0 aliphatic heterocycles. The third-order valence-corrected chi connectivity index (χ3v) is 3.29. The number of carboxylic acids is 1. The van der Waals surface area contributed by atoms with E-state index in [-0.39, 0.29) is 11.9 Å². The number of quaternary nitrogens is 1. The molecule has 0 saturated carbocycles. The molecule has 0 bridgehead atoms. The predicted octanol–water partition coefficient (Wildman–Crippen LogP) is 0.941. The number of carbonyl (C=O) groups excluding carboxylic acids is 1. The average molecular weight is 273 g/mol. The second kappa shape index (κ2) is 6.30. The first-order chi connectivity index (χ1) is 9.58. The maximum absolute atomic E-state index is 12.9. The summed E-state index contributed by atoms with van der Waals surface area (Å²) in [6.07, 6.45) is 0. The Labute approximate surface area is 117 Å². The summed E-state index contributed by atoms with van der Waals surface area (Å²) in [5, 5.41) is 13.0. The Balaban J connectivity index is 2.18. The molecule has 0 fully saturated rings. The summed E-state index contributed by atoms with van der Waals surface area (Å²) in [4.78, 5) is 11.3. The van der Waals surface area contributed by atoms with Crippen LogP contribution in [0, 0.1) is 5.82 Å². The number of halogens is 1. The number of carboxylic acid groups (broad SMARTS) is 1. The molecular weight excluding hydrogens is 257 g/mol. The molecule has 0 aliphatic carbocycles. The molecule has 0 amide bonds. The fraction of sp³-hybridized carbons (Fsp3) is 0.188. The Kier molecular flexibility index (Phi) is 4.48. The monoisotopic (exact) mass is 273 g/mol. The summed E-state index contributed by atoms with van der Waals surface area (Å²) in [5.41, 5.74) is 1.55. The van der Waals surface area contributed by atoms with E-state index >= 15 is 0 Å². The van der Waals surface area contributed by atoms with Crippen molar-refractivity contribution in [2.45, 2.75) is 19.0 Å². The van der Waals surface area contributed by atoms with Gasteiger partial charge >= 0.3 is 0 Å². The van der Waals surface area contributed by atoms with Gasteiger partial charge < -0.3 is 15.2 Å². The number of hydrogen-bond donors (Lipinski definition) is 1. The van der Waals surface area contributed by atoms with Crippen molar-refractivity contribution in [3.63, 3.8) is 0 Å². The van der Waals surface area contributed by atoms with Gasteiger partial charge in [-0.2, -0.15) is 0 Å². The first kappa shape index (κ1) is 14.2. The molecule has 4 heteroatoms. The smallest absolute Gasteiger partial charge is 0.152 e. The molecule has 0 aliphatic rings. The van der Waals surface area contributed by atoms with E-state index in [4.69, 9.17) is 0 Å². The first-order valence-corrected chi connectivity index (χ1v) is 6.44. The van der Waals surface area contributed by atoms with E-state index < -0.39 is 12.0 Å². The van der Waals surface area contributed by atoms with Crippen LogP contribution in [0.5, 0.6) is 0 Å². The molecule has 0 heterocycles. The standard InChI is InChI=1S/C16H16FNO2/c1-11(12-5-3-2-4-6-12)18-15(16(19)20)13-7-9-14(17)10-8-13/h2-11,15,18H,1H3,(H,19,20)/t11-,15+/m0/s1. The molecule has 20 heavy (non-hydrogen) atoms. The molecule has 2 rings (SSSR count). The maximum Gasteiger partial charge on any atom is 0.152 e. The lowest BCUT2D eigenvalue weighted by molar-refractivity contribution is -0.725. The topological polar surface area (TPSA) is 56.7 Å². The van der Waals surface area contributed by atoms with Crippen LogP contribution in [0.1, 0.15) is 30.1 Å². The van der Waals surface area contributed by atoms with Crippen molar-refractivity contribution in [1.29, 1.82) is 0 Å². The second-order valence-electron chi connectivity index (χ2n) is 4.74. The van der Waals surface area contributed by atoms with Crippen molar-refractivity contribution < 1.29 is 19.6 Å². The Morgan fingerprint density at radius 2 is 1.65 bits per heavy atom. The van der Waals surface area contributed by atoms with Gasteiger partial charge in [0.1, 0.15) is 17.8 Å². The highest BCUT2D eigenvalue weighted by atomic mass is 19.1. The van der Waals surface area contributed by atoms with Gasteiger partial charge in [0.15, 0.2) is 6.04 Å². The Morgan fingerprint density at radius 1 is 1.05 bits per heavy atom. The van der Waals surface area contributed by atoms with Gasteiger partial charge in [0.05, 0.1) is 0 Å². The minimum atomic E-state index is -1.18. The van der Waals surface area contributed by atoms with Crippen LogP contribution >= 0.6 is 0 Å². The fourth-order valence-corrected chi connectivity index (χ4v) is 2.15. The van der Waals surface area contributed by atoms with Crippen LogP contribution in [-0.2, 0) is 4.79 Å². The van der Waals surface area contributed by atoms with Gasteiger partial charge in [0.2, 0.25) is 0 Å². The average Bonchev–Trinajstić information content (AvgIpc) is 2.46. The lowest BCUT2D eigenvalue weighted by atomic mass is 10.0. The van der Waals surface area contributed by atoms with Gasteiger partial charge in [-0.15, -0.1) is 0 Å².